The predicted molar refractivity (Wildman–Crippen MR) is 78.1 cm³/mol. The predicted octanol–water partition coefficient (Wildman–Crippen LogP) is 1.87. The summed E-state index contributed by atoms with van der Waals surface area (Å²) < 4.78 is 0. The number of likely N-dealkylation sites (N-methyl/N-ethyl adjacent to an activating group) is 1. The number of benzene rings is 1. The SMILES string of the molecule is CCN(CCNC(=O)Nc1cccc(N)c1)C1CC1. The van der Waals surface area contributed by atoms with Gasteiger partial charge in [0.2, 0.25) is 0 Å². The second-order valence-electron chi connectivity index (χ2n) is 4.87. The Balaban J connectivity index is 1.69. The van der Waals surface area contributed by atoms with Gasteiger partial charge in [-0.15, -0.1) is 0 Å². The normalized spacial score (nSPS) is 14.4. The third kappa shape index (κ3) is 4.44. The molecule has 1 aliphatic carbocycles. The van der Waals surface area contributed by atoms with E-state index in [0.717, 1.165) is 19.1 Å². The Kier molecular flexibility index (Phi) is 4.63. The van der Waals surface area contributed by atoms with Crippen LogP contribution < -0.4 is 16.4 Å². The van der Waals surface area contributed by atoms with Crippen molar-refractivity contribution in [3.05, 3.63) is 24.3 Å². The molecule has 1 aromatic rings. The van der Waals surface area contributed by atoms with Gasteiger partial charge in [0.25, 0.3) is 0 Å². The maximum Gasteiger partial charge on any atom is 0.319 e. The molecule has 0 saturated heterocycles. The fraction of sp³-hybridized carbons (Fsp3) is 0.500. The topological polar surface area (TPSA) is 70.4 Å². The second kappa shape index (κ2) is 6.43. The zero-order valence-corrected chi connectivity index (χ0v) is 11.4. The molecule has 4 N–H and O–H groups in total. The van der Waals surface area contributed by atoms with Crippen LogP contribution in [-0.4, -0.2) is 36.6 Å². The number of nitrogens with two attached hydrogens (primary N) is 1. The Morgan fingerprint density at radius 1 is 1.47 bits per heavy atom. The molecule has 0 bridgehead atoms. The van der Waals surface area contributed by atoms with E-state index in [1.165, 1.54) is 12.8 Å². The molecule has 19 heavy (non-hydrogen) atoms. The van der Waals surface area contributed by atoms with E-state index in [1.807, 2.05) is 12.1 Å². The summed E-state index contributed by atoms with van der Waals surface area (Å²) in [6, 6.07) is 7.72. The Morgan fingerprint density at radius 3 is 2.89 bits per heavy atom. The van der Waals surface area contributed by atoms with Crippen molar-refractivity contribution in [3.63, 3.8) is 0 Å². The van der Waals surface area contributed by atoms with Crippen LogP contribution >= 0.6 is 0 Å². The van der Waals surface area contributed by atoms with E-state index in [4.69, 9.17) is 5.73 Å². The Morgan fingerprint density at radius 2 is 2.26 bits per heavy atom. The van der Waals surface area contributed by atoms with E-state index in [9.17, 15) is 4.79 Å². The number of nitrogens with one attached hydrogen (secondary N) is 2. The first-order valence-electron chi connectivity index (χ1n) is 6.83. The van der Waals surface area contributed by atoms with E-state index >= 15 is 0 Å². The van der Waals surface area contributed by atoms with Crippen LogP contribution in [0.15, 0.2) is 24.3 Å². The van der Waals surface area contributed by atoms with Crippen molar-refractivity contribution >= 4 is 17.4 Å². The minimum Gasteiger partial charge on any atom is -0.399 e. The smallest absolute Gasteiger partial charge is 0.319 e. The molecule has 1 aromatic carbocycles. The molecule has 0 unspecified atom stereocenters. The zero-order valence-electron chi connectivity index (χ0n) is 11.4. The second-order valence-corrected chi connectivity index (χ2v) is 4.87. The number of nitrogens with zero attached hydrogens (tertiary/aromatic N) is 1. The van der Waals surface area contributed by atoms with Crippen LogP contribution in [0, 0.1) is 0 Å². The van der Waals surface area contributed by atoms with Crippen molar-refractivity contribution < 1.29 is 4.79 Å². The van der Waals surface area contributed by atoms with Gasteiger partial charge >= 0.3 is 6.03 Å². The van der Waals surface area contributed by atoms with Gasteiger partial charge in [0.1, 0.15) is 0 Å². The molecule has 0 spiro atoms. The maximum atomic E-state index is 11.7. The number of urea groups is 1. The van der Waals surface area contributed by atoms with Crippen LogP contribution in [0.3, 0.4) is 0 Å². The van der Waals surface area contributed by atoms with Gasteiger partial charge in [0.05, 0.1) is 0 Å². The molecule has 0 aromatic heterocycles. The van der Waals surface area contributed by atoms with Gasteiger partial charge in [-0.1, -0.05) is 13.0 Å². The third-order valence-corrected chi connectivity index (χ3v) is 3.30. The van der Waals surface area contributed by atoms with Crippen molar-refractivity contribution in [3.8, 4) is 0 Å². The molecular weight excluding hydrogens is 240 g/mol. The van der Waals surface area contributed by atoms with E-state index in [1.54, 1.807) is 12.1 Å². The average Bonchev–Trinajstić information content (AvgIpc) is 3.19. The van der Waals surface area contributed by atoms with Crippen LogP contribution in [-0.2, 0) is 0 Å². The molecule has 2 amide bonds. The minimum atomic E-state index is -0.183. The van der Waals surface area contributed by atoms with Gasteiger partial charge in [-0.05, 0) is 37.6 Å². The Bertz CT molecular complexity index is 431. The molecular formula is C14H22N4O. The number of hydrogen-bond acceptors (Lipinski definition) is 3. The Hall–Kier alpha value is -1.75. The first-order chi connectivity index (χ1) is 9.19. The van der Waals surface area contributed by atoms with Crippen molar-refractivity contribution in [1.29, 1.82) is 0 Å². The highest BCUT2D eigenvalue weighted by Gasteiger charge is 2.27. The molecule has 0 atom stereocenters. The van der Waals surface area contributed by atoms with Crippen molar-refractivity contribution in [2.75, 3.05) is 30.7 Å². The standard InChI is InChI=1S/C14H22N4O/c1-2-18(13-6-7-13)9-8-16-14(19)17-12-5-3-4-11(15)10-12/h3-5,10,13H,2,6-9,15H2,1H3,(H2,16,17,19). The summed E-state index contributed by atoms with van der Waals surface area (Å²) in [5.74, 6) is 0. The van der Waals surface area contributed by atoms with E-state index in [-0.39, 0.29) is 6.03 Å². The highest BCUT2D eigenvalue weighted by molar-refractivity contribution is 5.89. The van der Waals surface area contributed by atoms with Crippen LogP contribution in [0.4, 0.5) is 16.2 Å². The number of rotatable bonds is 6. The molecule has 1 fully saturated rings. The van der Waals surface area contributed by atoms with Gasteiger partial charge in [-0.3, -0.25) is 4.90 Å². The number of amides is 2. The van der Waals surface area contributed by atoms with Crippen molar-refractivity contribution in [1.82, 2.24) is 10.2 Å². The lowest BCUT2D eigenvalue weighted by molar-refractivity contribution is 0.245. The molecule has 2 rings (SSSR count). The summed E-state index contributed by atoms with van der Waals surface area (Å²) in [5.41, 5.74) is 7.01. The minimum absolute atomic E-state index is 0.183. The van der Waals surface area contributed by atoms with Crippen LogP contribution in [0.25, 0.3) is 0 Å². The van der Waals surface area contributed by atoms with Gasteiger partial charge in [0, 0.05) is 30.5 Å². The number of nitrogen functional groups attached to an aromatic ring is 1. The molecule has 1 saturated carbocycles. The summed E-state index contributed by atoms with van der Waals surface area (Å²) in [6.45, 7) is 4.78. The molecule has 104 valence electrons. The molecule has 0 radical (unpaired) electrons. The monoisotopic (exact) mass is 262 g/mol. The van der Waals surface area contributed by atoms with Gasteiger partial charge < -0.3 is 16.4 Å². The number of hydrogen-bond donors (Lipinski definition) is 3. The molecule has 0 heterocycles. The van der Waals surface area contributed by atoms with E-state index in [2.05, 4.69) is 22.5 Å². The fourth-order valence-electron chi connectivity index (χ4n) is 2.14. The lowest BCUT2D eigenvalue weighted by atomic mass is 10.3. The summed E-state index contributed by atoms with van der Waals surface area (Å²) in [4.78, 5) is 14.1. The summed E-state index contributed by atoms with van der Waals surface area (Å²) in [6.07, 6.45) is 2.59. The van der Waals surface area contributed by atoms with Crippen molar-refractivity contribution in [2.24, 2.45) is 0 Å². The highest BCUT2D eigenvalue weighted by atomic mass is 16.2. The third-order valence-electron chi connectivity index (χ3n) is 3.30. The molecule has 1 aliphatic rings. The van der Waals surface area contributed by atoms with Crippen LogP contribution in [0.1, 0.15) is 19.8 Å². The summed E-state index contributed by atoms with van der Waals surface area (Å²) >= 11 is 0. The van der Waals surface area contributed by atoms with Gasteiger partial charge in [-0.25, -0.2) is 4.79 Å². The molecule has 5 nitrogen and oxygen atoms in total. The first kappa shape index (κ1) is 13.7. The number of carbonyl (C=O) groups excluding carboxylic acids is 1. The lowest BCUT2D eigenvalue weighted by Gasteiger charge is -2.19. The maximum absolute atomic E-state index is 11.7. The lowest BCUT2D eigenvalue weighted by Crippen LogP contribution is -2.37. The first-order valence-corrected chi connectivity index (χ1v) is 6.83. The summed E-state index contributed by atoms with van der Waals surface area (Å²) in [5, 5.41) is 5.64. The van der Waals surface area contributed by atoms with Gasteiger partial charge in [0.15, 0.2) is 0 Å². The quantitative estimate of drug-likeness (QED) is 0.685. The number of anilines is 2. The van der Waals surface area contributed by atoms with Crippen LogP contribution in [0.5, 0.6) is 0 Å². The van der Waals surface area contributed by atoms with Gasteiger partial charge in [-0.2, -0.15) is 0 Å². The summed E-state index contributed by atoms with van der Waals surface area (Å²) in [7, 11) is 0. The molecule has 5 heteroatoms. The highest BCUT2D eigenvalue weighted by Crippen LogP contribution is 2.25. The zero-order chi connectivity index (χ0) is 13.7. The van der Waals surface area contributed by atoms with Crippen molar-refractivity contribution in [2.45, 2.75) is 25.8 Å². The fourth-order valence-corrected chi connectivity index (χ4v) is 2.14. The van der Waals surface area contributed by atoms with E-state index < -0.39 is 0 Å². The number of carbonyl (C=O) groups is 1. The molecule has 0 aliphatic heterocycles. The Labute approximate surface area is 114 Å². The average molecular weight is 262 g/mol. The van der Waals surface area contributed by atoms with E-state index in [0.29, 0.717) is 17.9 Å². The largest absolute Gasteiger partial charge is 0.399 e. The van der Waals surface area contributed by atoms with Crippen LogP contribution in [0.2, 0.25) is 0 Å².